The summed E-state index contributed by atoms with van der Waals surface area (Å²) in [6, 6.07) is 2.55. The summed E-state index contributed by atoms with van der Waals surface area (Å²) in [6.45, 7) is 7.62. The second-order valence-corrected chi connectivity index (χ2v) is 4.16. The molecule has 3 heteroatoms. The molecule has 2 unspecified atom stereocenters. The van der Waals surface area contributed by atoms with E-state index in [1.165, 1.54) is 18.5 Å². The second-order valence-electron chi connectivity index (χ2n) is 4.16. The Morgan fingerprint density at radius 3 is 2.73 bits per heavy atom. The lowest BCUT2D eigenvalue weighted by molar-refractivity contribution is 0.400. The molecular formula is C12H23N3. The quantitative estimate of drug-likeness (QED) is 0.780. The third-order valence-corrected chi connectivity index (χ3v) is 3.09. The van der Waals surface area contributed by atoms with Gasteiger partial charge in [-0.3, -0.25) is 4.68 Å². The minimum Gasteiger partial charge on any atom is -0.312 e. The van der Waals surface area contributed by atoms with Crippen LogP contribution in [0.4, 0.5) is 0 Å². The number of aromatic nitrogens is 2. The van der Waals surface area contributed by atoms with Crippen molar-refractivity contribution in [3.8, 4) is 0 Å². The largest absolute Gasteiger partial charge is 0.312 e. The normalized spacial score (nSPS) is 15.2. The molecule has 0 saturated heterocycles. The SMILES string of the molecule is CCC(C)CC(NC)c1ccnn1CC. The van der Waals surface area contributed by atoms with Gasteiger partial charge in [-0.2, -0.15) is 5.10 Å². The van der Waals surface area contributed by atoms with E-state index in [0.717, 1.165) is 12.5 Å². The molecule has 0 spiro atoms. The summed E-state index contributed by atoms with van der Waals surface area (Å²) < 4.78 is 2.07. The summed E-state index contributed by atoms with van der Waals surface area (Å²) in [4.78, 5) is 0. The number of rotatable bonds is 6. The van der Waals surface area contributed by atoms with Crippen molar-refractivity contribution in [2.45, 2.75) is 46.2 Å². The van der Waals surface area contributed by atoms with Crippen molar-refractivity contribution in [2.75, 3.05) is 7.05 Å². The van der Waals surface area contributed by atoms with Gasteiger partial charge in [-0.15, -0.1) is 0 Å². The third-order valence-electron chi connectivity index (χ3n) is 3.09. The lowest BCUT2D eigenvalue weighted by Gasteiger charge is -2.20. The van der Waals surface area contributed by atoms with Crippen molar-refractivity contribution in [1.82, 2.24) is 15.1 Å². The van der Waals surface area contributed by atoms with Crippen LogP contribution in [-0.4, -0.2) is 16.8 Å². The summed E-state index contributed by atoms with van der Waals surface area (Å²) in [6.07, 6.45) is 4.30. The van der Waals surface area contributed by atoms with Crippen molar-refractivity contribution in [2.24, 2.45) is 5.92 Å². The zero-order valence-electron chi connectivity index (χ0n) is 10.3. The van der Waals surface area contributed by atoms with Crippen LogP contribution in [-0.2, 0) is 6.54 Å². The van der Waals surface area contributed by atoms with E-state index in [1.807, 2.05) is 13.2 Å². The molecule has 1 aromatic heterocycles. The minimum atomic E-state index is 0.433. The molecule has 0 radical (unpaired) electrons. The van der Waals surface area contributed by atoms with Crippen LogP contribution in [0.1, 0.15) is 45.3 Å². The highest BCUT2D eigenvalue weighted by atomic mass is 15.3. The molecule has 0 bridgehead atoms. The van der Waals surface area contributed by atoms with E-state index in [2.05, 4.69) is 41.9 Å². The molecule has 1 heterocycles. The van der Waals surface area contributed by atoms with Crippen molar-refractivity contribution < 1.29 is 0 Å². The molecular weight excluding hydrogens is 186 g/mol. The van der Waals surface area contributed by atoms with Crippen LogP contribution in [0, 0.1) is 5.92 Å². The van der Waals surface area contributed by atoms with Gasteiger partial charge in [0.2, 0.25) is 0 Å². The maximum absolute atomic E-state index is 4.31. The number of aryl methyl sites for hydroxylation is 1. The van der Waals surface area contributed by atoms with E-state index in [9.17, 15) is 0 Å². The molecule has 0 saturated carbocycles. The number of nitrogens with one attached hydrogen (secondary N) is 1. The van der Waals surface area contributed by atoms with Crippen LogP contribution < -0.4 is 5.32 Å². The van der Waals surface area contributed by atoms with Gasteiger partial charge in [-0.05, 0) is 32.4 Å². The molecule has 1 rings (SSSR count). The Morgan fingerprint density at radius 1 is 1.47 bits per heavy atom. The van der Waals surface area contributed by atoms with Gasteiger partial charge < -0.3 is 5.32 Å². The highest BCUT2D eigenvalue weighted by Gasteiger charge is 2.15. The molecule has 0 fully saturated rings. The maximum Gasteiger partial charge on any atom is 0.0553 e. The first kappa shape index (κ1) is 12.2. The molecule has 3 nitrogen and oxygen atoms in total. The van der Waals surface area contributed by atoms with E-state index in [-0.39, 0.29) is 0 Å². The van der Waals surface area contributed by atoms with Crippen LogP contribution >= 0.6 is 0 Å². The smallest absolute Gasteiger partial charge is 0.0553 e. The lowest BCUT2D eigenvalue weighted by atomic mass is 9.97. The summed E-state index contributed by atoms with van der Waals surface area (Å²) in [5.41, 5.74) is 1.31. The van der Waals surface area contributed by atoms with E-state index in [0.29, 0.717) is 6.04 Å². The average molecular weight is 209 g/mol. The lowest BCUT2D eigenvalue weighted by Crippen LogP contribution is -2.22. The van der Waals surface area contributed by atoms with Gasteiger partial charge in [0.25, 0.3) is 0 Å². The molecule has 0 aliphatic carbocycles. The Morgan fingerprint density at radius 2 is 2.20 bits per heavy atom. The van der Waals surface area contributed by atoms with Crippen molar-refractivity contribution in [3.63, 3.8) is 0 Å². The Kier molecular flexibility index (Phi) is 4.82. The summed E-state index contributed by atoms with van der Waals surface area (Å²) in [7, 11) is 2.03. The Bertz CT molecular complexity index is 280. The standard InChI is InChI=1S/C12H23N3/c1-5-10(3)9-11(13-4)12-7-8-14-15(12)6-2/h7-8,10-11,13H,5-6,9H2,1-4H3. The fourth-order valence-electron chi connectivity index (χ4n) is 1.86. The first-order valence-electron chi connectivity index (χ1n) is 5.91. The van der Waals surface area contributed by atoms with E-state index < -0.39 is 0 Å². The third kappa shape index (κ3) is 3.06. The highest BCUT2D eigenvalue weighted by molar-refractivity contribution is 5.07. The van der Waals surface area contributed by atoms with Gasteiger partial charge in [0.1, 0.15) is 0 Å². The zero-order chi connectivity index (χ0) is 11.3. The zero-order valence-corrected chi connectivity index (χ0v) is 10.3. The molecule has 2 atom stereocenters. The van der Waals surface area contributed by atoms with Crippen molar-refractivity contribution in [3.05, 3.63) is 18.0 Å². The molecule has 0 aliphatic heterocycles. The van der Waals surface area contributed by atoms with E-state index >= 15 is 0 Å². The first-order valence-corrected chi connectivity index (χ1v) is 5.91. The Labute approximate surface area is 92.9 Å². The molecule has 0 aromatic carbocycles. The average Bonchev–Trinajstić information content (AvgIpc) is 2.73. The van der Waals surface area contributed by atoms with Crippen LogP contribution in [0.25, 0.3) is 0 Å². The van der Waals surface area contributed by atoms with Crippen LogP contribution in [0.5, 0.6) is 0 Å². The Hall–Kier alpha value is -0.830. The minimum absolute atomic E-state index is 0.433. The highest BCUT2D eigenvalue weighted by Crippen LogP contribution is 2.22. The molecule has 15 heavy (non-hydrogen) atoms. The topological polar surface area (TPSA) is 29.9 Å². The van der Waals surface area contributed by atoms with Gasteiger partial charge in [-0.25, -0.2) is 0 Å². The molecule has 0 amide bonds. The summed E-state index contributed by atoms with van der Waals surface area (Å²) >= 11 is 0. The van der Waals surface area contributed by atoms with Gasteiger partial charge in [-0.1, -0.05) is 20.3 Å². The number of hydrogen-bond acceptors (Lipinski definition) is 2. The van der Waals surface area contributed by atoms with E-state index in [4.69, 9.17) is 0 Å². The molecule has 1 N–H and O–H groups in total. The van der Waals surface area contributed by atoms with Crippen molar-refractivity contribution in [1.29, 1.82) is 0 Å². The summed E-state index contributed by atoms with van der Waals surface area (Å²) in [5, 5.41) is 7.70. The van der Waals surface area contributed by atoms with Crippen molar-refractivity contribution >= 4 is 0 Å². The molecule has 0 aliphatic rings. The van der Waals surface area contributed by atoms with Gasteiger partial charge in [0.05, 0.1) is 5.69 Å². The fraction of sp³-hybridized carbons (Fsp3) is 0.750. The maximum atomic E-state index is 4.31. The summed E-state index contributed by atoms with van der Waals surface area (Å²) in [5.74, 6) is 0.752. The van der Waals surface area contributed by atoms with Gasteiger partial charge >= 0.3 is 0 Å². The van der Waals surface area contributed by atoms with E-state index in [1.54, 1.807) is 0 Å². The monoisotopic (exact) mass is 209 g/mol. The molecule has 1 aromatic rings. The Balaban J connectivity index is 2.73. The fourth-order valence-corrected chi connectivity index (χ4v) is 1.86. The number of hydrogen-bond donors (Lipinski definition) is 1. The molecule has 86 valence electrons. The van der Waals surface area contributed by atoms with Crippen LogP contribution in [0.15, 0.2) is 12.3 Å². The van der Waals surface area contributed by atoms with Crippen LogP contribution in [0.3, 0.4) is 0 Å². The second kappa shape index (κ2) is 5.91. The van der Waals surface area contributed by atoms with Gasteiger partial charge in [0, 0.05) is 18.8 Å². The first-order chi connectivity index (χ1) is 7.22. The van der Waals surface area contributed by atoms with Gasteiger partial charge in [0.15, 0.2) is 0 Å². The van der Waals surface area contributed by atoms with Crippen LogP contribution in [0.2, 0.25) is 0 Å². The predicted molar refractivity (Wildman–Crippen MR) is 63.8 cm³/mol. The number of nitrogens with zero attached hydrogens (tertiary/aromatic N) is 2. The predicted octanol–water partition coefficient (Wildman–Crippen LogP) is 2.60.